The van der Waals surface area contributed by atoms with Crippen LogP contribution >= 0.6 is 0 Å². The number of carbonyl (C=O) groups is 1. The predicted octanol–water partition coefficient (Wildman–Crippen LogP) is 2.26. The Morgan fingerprint density at radius 3 is 2.65 bits per heavy atom. The summed E-state index contributed by atoms with van der Waals surface area (Å²) in [6.07, 6.45) is 9.01. The number of rotatable bonds is 2. The van der Waals surface area contributed by atoms with Gasteiger partial charge in [0.15, 0.2) is 5.82 Å². The average molecular weight is 236 g/mol. The molecule has 94 valence electrons. The van der Waals surface area contributed by atoms with E-state index in [2.05, 4.69) is 15.7 Å². The summed E-state index contributed by atoms with van der Waals surface area (Å²) in [5.74, 6) is 0.596. The van der Waals surface area contributed by atoms with Gasteiger partial charge in [0.25, 0.3) is 0 Å². The van der Waals surface area contributed by atoms with Gasteiger partial charge in [0.2, 0.25) is 0 Å². The van der Waals surface area contributed by atoms with Gasteiger partial charge < -0.3 is 5.32 Å². The molecule has 0 saturated heterocycles. The number of hydrogen-bond donors (Lipinski definition) is 2. The third kappa shape index (κ3) is 3.76. The third-order valence-corrected chi connectivity index (χ3v) is 3.15. The smallest absolute Gasteiger partial charge is 0.320 e. The zero-order valence-electron chi connectivity index (χ0n) is 10.3. The Hall–Kier alpha value is -1.52. The lowest BCUT2D eigenvalue weighted by molar-refractivity contribution is 0.247. The second-order valence-corrected chi connectivity index (χ2v) is 4.66. The van der Waals surface area contributed by atoms with Crippen LogP contribution in [0.2, 0.25) is 0 Å². The van der Waals surface area contributed by atoms with Crippen molar-refractivity contribution in [3.8, 4) is 0 Å². The monoisotopic (exact) mass is 236 g/mol. The molecule has 2 amide bonds. The van der Waals surface area contributed by atoms with Crippen LogP contribution in [0, 0.1) is 0 Å². The van der Waals surface area contributed by atoms with Crippen LogP contribution in [-0.4, -0.2) is 21.9 Å². The molecule has 0 radical (unpaired) electrons. The molecule has 5 heteroatoms. The van der Waals surface area contributed by atoms with Gasteiger partial charge in [-0.3, -0.25) is 10.00 Å². The number of amides is 2. The number of aryl methyl sites for hydroxylation is 1. The van der Waals surface area contributed by atoms with Crippen molar-refractivity contribution in [2.45, 2.75) is 44.6 Å². The lowest BCUT2D eigenvalue weighted by Crippen LogP contribution is -2.37. The molecule has 1 aliphatic carbocycles. The largest absolute Gasteiger partial charge is 0.335 e. The van der Waals surface area contributed by atoms with Crippen LogP contribution in [0.1, 0.15) is 38.5 Å². The number of urea groups is 1. The first-order valence-electron chi connectivity index (χ1n) is 6.31. The highest BCUT2D eigenvalue weighted by Gasteiger charge is 2.14. The molecule has 0 bridgehead atoms. The highest BCUT2D eigenvalue weighted by atomic mass is 16.2. The van der Waals surface area contributed by atoms with Gasteiger partial charge in [0.05, 0.1) is 0 Å². The molecule has 1 saturated carbocycles. The average Bonchev–Trinajstić information content (AvgIpc) is 2.53. The molecular formula is C12H20N4O. The second-order valence-electron chi connectivity index (χ2n) is 4.66. The van der Waals surface area contributed by atoms with E-state index in [-0.39, 0.29) is 6.03 Å². The Labute approximate surface area is 102 Å². The summed E-state index contributed by atoms with van der Waals surface area (Å²) in [6, 6.07) is 1.96. The highest BCUT2D eigenvalue weighted by Crippen LogP contribution is 2.17. The van der Waals surface area contributed by atoms with Crippen molar-refractivity contribution >= 4 is 11.8 Å². The van der Waals surface area contributed by atoms with Crippen LogP contribution in [-0.2, 0) is 7.05 Å². The standard InChI is InChI=1S/C12H20N4O/c1-16-9-8-11(15-16)14-12(17)13-10-6-4-2-3-5-7-10/h8-10H,2-7H2,1H3,(H2,13,14,15,17). The number of aromatic nitrogens is 2. The summed E-state index contributed by atoms with van der Waals surface area (Å²) in [5, 5.41) is 9.87. The molecule has 0 unspecified atom stereocenters. The second kappa shape index (κ2) is 5.70. The molecule has 5 nitrogen and oxygen atoms in total. The van der Waals surface area contributed by atoms with E-state index < -0.39 is 0 Å². The van der Waals surface area contributed by atoms with E-state index in [4.69, 9.17) is 0 Å². The van der Waals surface area contributed by atoms with Crippen molar-refractivity contribution in [1.29, 1.82) is 0 Å². The Morgan fingerprint density at radius 1 is 1.35 bits per heavy atom. The molecule has 0 aromatic carbocycles. The van der Waals surface area contributed by atoms with Gasteiger partial charge in [-0.05, 0) is 12.8 Å². The molecule has 1 aromatic heterocycles. The van der Waals surface area contributed by atoms with E-state index in [1.807, 2.05) is 7.05 Å². The van der Waals surface area contributed by atoms with E-state index in [1.165, 1.54) is 25.7 Å². The van der Waals surface area contributed by atoms with E-state index in [0.29, 0.717) is 11.9 Å². The minimum Gasteiger partial charge on any atom is -0.335 e. The molecule has 1 fully saturated rings. The van der Waals surface area contributed by atoms with Crippen molar-refractivity contribution in [2.24, 2.45) is 7.05 Å². The van der Waals surface area contributed by atoms with Crippen LogP contribution in [0.25, 0.3) is 0 Å². The summed E-state index contributed by atoms with van der Waals surface area (Å²) >= 11 is 0. The van der Waals surface area contributed by atoms with E-state index in [1.54, 1.807) is 16.9 Å². The van der Waals surface area contributed by atoms with Gasteiger partial charge >= 0.3 is 6.03 Å². The third-order valence-electron chi connectivity index (χ3n) is 3.15. The molecule has 17 heavy (non-hydrogen) atoms. The first kappa shape index (κ1) is 12.0. The number of nitrogens with zero attached hydrogens (tertiary/aromatic N) is 2. The van der Waals surface area contributed by atoms with Gasteiger partial charge in [0.1, 0.15) is 0 Å². The van der Waals surface area contributed by atoms with Crippen molar-refractivity contribution in [1.82, 2.24) is 15.1 Å². The predicted molar refractivity (Wildman–Crippen MR) is 66.9 cm³/mol. The molecule has 2 N–H and O–H groups in total. The number of hydrogen-bond acceptors (Lipinski definition) is 2. The lowest BCUT2D eigenvalue weighted by Gasteiger charge is -2.15. The fraction of sp³-hybridized carbons (Fsp3) is 0.667. The van der Waals surface area contributed by atoms with E-state index >= 15 is 0 Å². The van der Waals surface area contributed by atoms with E-state index in [9.17, 15) is 4.79 Å². The number of anilines is 1. The summed E-state index contributed by atoms with van der Waals surface area (Å²) in [7, 11) is 1.83. The zero-order chi connectivity index (χ0) is 12.1. The molecule has 1 aliphatic rings. The highest BCUT2D eigenvalue weighted by molar-refractivity contribution is 5.88. The van der Waals surface area contributed by atoms with E-state index in [0.717, 1.165) is 12.8 Å². The van der Waals surface area contributed by atoms with Crippen molar-refractivity contribution < 1.29 is 4.79 Å². The van der Waals surface area contributed by atoms with Gasteiger partial charge in [-0.2, -0.15) is 5.10 Å². The van der Waals surface area contributed by atoms with Crippen LogP contribution in [0.5, 0.6) is 0 Å². The Kier molecular flexibility index (Phi) is 4.01. The first-order chi connectivity index (χ1) is 8.24. The molecule has 2 rings (SSSR count). The SMILES string of the molecule is Cn1ccc(NC(=O)NC2CCCCCC2)n1. The fourth-order valence-corrected chi connectivity index (χ4v) is 2.24. The topological polar surface area (TPSA) is 59.0 Å². The molecule has 1 aromatic rings. The van der Waals surface area contributed by atoms with Crippen molar-refractivity contribution in [3.63, 3.8) is 0 Å². The van der Waals surface area contributed by atoms with Crippen LogP contribution in [0.15, 0.2) is 12.3 Å². The number of nitrogens with one attached hydrogen (secondary N) is 2. The van der Waals surface area contributed by atoms with Gasteiger partial charge in [-0.15, -0.1) is 0 Å². The van der Waals surface area contributed by atoms with Crippen LogP contribution < -0.4 is 10.6 Å². The summed E-state index contributed by atoms with van der Waals surface area (Å²) in [5.41, 5.74) is 0. The van der Waals surface area contributed by atoms with Crippen LogP contribution in [0.4, 0.5) is 10.6 Å². The normalized spacial score (nSPS) is 17.5. The first-order valence-corrected chi connectivity index (χ1v) is 6.31. The maximum Gasteiger partial charge on any atom is 0.320 e. The number of carbonyl (C=O) groups excluding carboxylic acids is 1. The summed E-state index contributed by atoms with van der Waals surface area (Å²) in [4.78, 5) is 11.7. The molecule has 0 atom stereocenters. The summed E-state index contributed by atoms with van der Waals surface area (Å²) < 4.78 is 1.67. The molecule has 0 aliphatic heterocycles. The van der Waals surface area contributed by atoms with Crippen LogP contribution in [0.3, 0.4) is 0 Å². The van der Waals surface area contributed by atoms with Crippen molar-refractivity contribution in [2.75, 3.05) is 5.32 Å². The Morgan fingerprint density at radius 2 is 2.06 bits per heavy atom. The van der Waals surface area contributed by atoms with Gasteiger partial charge in [0, 0.05) is 25.4 Å². The van der Waals surface area contributed by atoms with Gasteiger partial charge in [-0.1, -0.05) is 25.7 Å². The lowest BCUT2D eigenvalue weighted by atomic mass is 10.1. The fourth-order valence-electron chi connectivity index (χ4n) is 2.24. The molecular weight excluding hydrogens is 216 g/mol. The quantitative estimate of drug-likeness (QED) is 0.774. The maximum absolute atomic E-state index is 11.7. The maximum atomic E-state index is 11.7. The minimum absolute atomic E-state index is 0.143. The minimum atomic E-state index is -0.143. The Bertz CT molecular complexity index is 366. The van der Waals surface area contributed by atoms with Crippen molar-refractivity contribution in [3.05, 3.63) is 12.3 Å². The zero-order valence-corrected chi connectivity index (χ0v) is 10.3. The molecule has 1 heterocycles. The summed E-state index contributed by atoms with van der Waals surface area (Å²) in [6.45, 7) is 0. The van der Waals surface area contributed by atoms with Gasteiger partial charge in [-0.25, -0.2) is 4.79 Å². The molecule has 0 spiro atoms. The Balaban J connectivity index is 1.80.